The average molecular weight is 366 g/mol. The molecule has 0 aromatic heterocycles. The maximum absolute atomic E-state index is 12.1. The minimum atomic E-state index is -0.370. The van der Waals surface area contributed by atoms with E-state index in [1.54, 1.807) is 18.2 Å². The molecule has 142 valence electrons. The Hall–Kier alpha value is -3.15. The quantitative estimate of drug-likeness (QED) is 0.403. The van der Waals surface area contributed by atoms with Crippen LogP contribution in [0.15, 0.2) is 54.6 Å². The van der Waals surface area contributed by atoms with Gasteiger partial charge in [-0.15, -0.1) is 0 Å². The summed E-state index contributed by atoms with van der Waals surface area (Å²) in [5.74, 6) is -0.243. The number of hydrogen-bond donors (Lipinski definition) is 4. The summed E-state index contributed by atoms with van der Waals surface area (Å²) in [6, 6.07) is 16.7. The highest BCUT2D eigenvalue weighted by molar-refractivity contribution is 6.00. The number of nitrogen functional groups attached to an aromatic ring is 1. The number of amidine groups is 1. The molecule has 2 rings (SSSR count). The van der Waals surface area contributed by atoms with Crippen LogP contribution in [-0.4, -0.2) is 30.7 Å². The fourth-order valence-electron chi connectivity index (χ4n) is 2.73. The zero-order valence-corrected chi connectivity index (χ0v) is 15.5. The normalized spacial score (nSPS) is 11.4. The highest BCUT2D eigenvalue weighted by Crippen LogP contribution is 2.10. The molecule has 27 heavy (non-hydrogen) atoms. The lowest BCUT2D eigenvalue weighted by molar-refractivity contribution is -0.120. The van der Waals surface area contributed by atoms with E-state index in [2.05, 4.69) is 29.7 Å². The number of hydrogen-bond acceptors (Lipinski definition) is 3. The third-order valence-corrected chi connectivity index (χ3v) is 4.23. The van der Waals surface area contributed by atoms with Crippen molar-refractivity contribution in [1.29, 1.82) is 5.41 Å². The standard InChI is InChI=1S/C21H26N4O2/c1-15(12-16-6-3-2-4-7-16)10-11-24-19(26)14-25-21(27)18-9-5-8-17(13-18)20(22)23/h2-9,13,15H,10-12,14H2,1H3,(H3,22,23)(H,24,26)(H,25,27). The van der Waals surface area contributed by atoms with Gasteiger partial charge in [0, 0.05) is 17.7 Å². The largest absolute Gasteiger partial charge is 0.384 e. The van der Waals surface area contributed by atoms with Crippen molar-refractivity contribution >= 4 is 17.6 Å². The second-order valence-electron chi connectivity index (χ2n) is 6.61. The number of nitrogens with one attached hydrogen (secondary N) is 3. The number of nitrogens with two attached hydrogens (primary N) is 1. The molecule has 0 fully saturated rings. The predicted octanol–water partition coefficient (Wildman–Crippen LogP) is 2.09. The molecule has 0 bridgehead atoms. The average Bonchev–Trinajstić information content (AvgIpc) is 2.67. The van der Waals surface area contributed by atoms with Gasteiger partial charge in [0.1, 0.15) is 5.84 Å². The Morgan fingerprint density at radius 1 is 1.04 bits per heavy atom. The Bertz CT molecular complexity index is 790. The molecule has 1 atom stereocenters. The second-order valence-corrected chi connectivity index (χ2v) is 6.61. The van der Waals surface area contributed by atoms with Crippen LogP contribution < -0.4 is 16.4 Å². The third-order valence-electron chi connectivity index (χ3n) is 4.23. The number of carbonyl (C=O) groups is 2. The molecule has 0 heterocycles. The van der Waals surface area contributed by atoms with Gasteiger partial charge in [-0.05, 0) is 36.5 Å². The van der Waals surface area contributed by atoms with Crippen molar-refractivity contribution in [2.45, 2.75) is 19.8 Å². The van der Waals surface area contributed by atoms with E-state index in [1.807, 2.05) is 18.2 Å². The summed E-state index contributed by atoms with van der Waals surface area (Å²) in [5.41, 5.74) is 7.55. The zero-order chi connectivity index (χ0) is 19.6. The van der Waals surface area contributed by atoms with Crippen LogP contribution >= 0.6 is 0 Å². The summed E-state index contributed by atoms with van der Waals surface area (Å²) in [6.07, 6.45) is 1.84. The van der Waals surface area contributed by atoms with E-state index >= 15 is 0 Å². The fraction of sp³-hybridized carbons (Fsp3) is 0.286. The molecule has 0 aliphatic rings. The van der Waals surface area contributed by atoms with Gasteiger partial charge in [0.2, 0.25) is 5.91 Å². The molecule has 0 aliphatic heterocycles. The Morgan fingerprint density at radius 2 is 1.74 bits per heavy atom. The highest BCUT2D eigenvalue weighted by Gasteiger charge is 2.10. The molecular formula is C21H26N4O2. The minimum absolute atomic E-state index is 0.0871. The van der Waals surface area contributed by atoms with Gasteiger partial charge < -0.3 is 16.4 Å². The van der Waals surface area contributed by atoms with Crippen molar-refractivity contribution in [3.63, 3.8) is 0 Å². The van der Waals surface area contributed by atoms with Crippen LogP contribution in [0.4, 0.5) is 0 Å². The zero-order valence-electron chi connectivity index (χ0n) is 15.5. The molecule has 1 unspecified atom stereocenters. The van der Waals surface area contributed by atoms with Crippen molar-refractivity contribution in [1.82, 2.24) is 10.6 Å². The summed E-state index contributed by atoms with van der Waals surface area (Å²) >= 11 is 0. The minimum Gasteiger partial charge on any atom is -0.384 e. The van der Waals surface area contributed by atoms with Crippen LogP contribution in [-0.2, 0) is 11.2 Å². The van der Waals surface area contributed by atoms with Gasteiger partial charge in [-0.3, -0.25) is 15.0 Å². The van der Waals surface area contributed by atoms with Crippen molar-refractivity contribution in [2.24, 2.45) is 11.7 Å². The van der Waals surface area contributed by atoms with Crippen LogP contribution in [0.2, 0.25) is 0 Å². The first kappa shape index (κ1) is 20.2. The maximum Gasteiger partial charge on any atom is 0.251 e. The smallest absolute Gasteiger partial charge is 0.251 e. The molecule has 2 aromatic rings. The Labute approximate surface area is 159 Å². The van der Waals surface area contributed by atoms with Crippen LogP contribution in [0, 0.1) is 11.3 Å². The number of rotatable bonds is 9. The summed E-state index contributed by atoms with van der Waals surface area (Å²) in [4.78, 5) is 24.0. The summed E-state index contributed by atoms with van der Waals surface area (Å²) < 4.78 is 0. The van der Waals surface area contributed by atoms with E-state index in [-0.39, 0.29) is 24.2 Å². The predicted molar refractivity (Wildman–Crippen MR) is 107 cm³/mol. The van der Waals surface area contributed by atoms with Crippen molar-refractivity contribution in [3.8, 4) is 0 Å². The fourth-order valence-corrected chi connectivity index (χ4v) is 2.73. The number of carbonyl (C=O) groups excluding carboxylic acids is 2. The van der Waals surface area contributed by atoms with Gasteiger partial charge in [0.25, 0.3) is 5.91 Å². The number of amides is 2. The van der Waals surface area contributed by atoms with Crippen LogP contribution in [0.25, 0.3) is 0 Å². The summed E-state index contributed by atoms with van der Waals surface area (Å²) in [5, 5.41) is 12.8. The van der Waals surface area contributed by atoms with Gasteiger partial charge in [-0.1, -0.05) is 49.4 Å². The van der Waals surface area contributed by atoms with Gasteiger partial charge >= 0.3 is 0 Å². The van der Waals surface area contributed by atoms with E-state index in [1.165, 1.54) is 11.6 Å². The van der Waals surface area contributed by atoms with E-state index < -0.39 is 0 Å². The lowest BCUT2D eigenvalue weighted by Gasteiger charge is -2.12. The monoisotopic (exact) mass is 366 g/mol. The Kier molecular flexibility index (Phi) is 7.55. The van der Waals surface area contributed by atoms with E-state index in [0.717, 1.165) is 12.8 Å². The van der Waals surface area contributed by atoms with Gasteiger partial charge in [-0.25, -0.2) is 0 Å². The lowest BCUT2D eigenvalue weighted by Crippen LogP contribution is -2.37. The van der Waals surface area contributed by atoms with E-state index in [9.17, 15) is 9.59 Å². The molecule has 6 nitrogen and oxygen atoms in total. The SMILES string of the molecule is CC(CCNC(=O)CNC(=O)c1cccc(C(=N)N)c1)Cc1ccccc1. The molecule has 2 aromatic carbocycles. The second kappa shape index (κ2) is 10.1. The van der Waals surface area contributed by atoms with Gasteiger partial charge in [0.05, 0.1) is 6.54 Å². The first-order chi connectivity index (χ1) is 13.0. The molecule has 0 aliphatic carbocycles. The van der Waals surface area contributed by atoms with Gasteiger partial charge in [-0.2, -0.15) is 0 Å². The molecule has 6 heteroatoms. The molecular weight excluding hydrogens is 340 g/mol. The summed E-state index contributed by atoms with van der Waals surface area (Å²) in [6.45, 7) is 2.64. The van der Waals surface area contributed by atoms with E-state index in [0.29, 0.717) is 23.6 Å². The Morgan fingerprint density at radius 3 is 2.44 bits per heavy atom. The highest BCUT2D eigenvalue weighted by atomic mass is 16.2. The number of benzene rings is 2. The van der Waals surface area contributed by atoms with Gasteiger partial charge in [0.15, 0.2) is 0 Å². The molecule has 0 saturated heterocycles. The topological polar surface area (TPSA) is 108 Å². The molecule has 0 radical (unpaired) electrons. The Balaban J connectivity index is 1.69. The first-order valence-corrected chi connectivity index (χ1v) is 8.99. The van der Waals surface area contributed by atoms with Crippen LogP contribution in [0.5, 0.6) is 0 Å². The summed E-state index contributed by atoms with van der Waals surface area (Å²) in [7, 11) is 0. The molecule has 2 amide bonds. The lowest BCUT2D eigenvalue weighted by atomic mass is 9.98. The van der Waals surface area contributed by atoms with Crippen molar-refractivity contribution in [3.05, 3.63) is 71.3 Å². The van der Waals surface area contributed by atoms with Crippen LogP contribution in [0.1, 0.15) is 34.8 Å². The van der Waals surface area contributed by atoms with Crippen molar-refractivity contribution in [2.75, 3.05) is 13.1 Å². The first-order valence-electron chi connectivity index (χ1n) is 8.99. The van der Waals surface area contributed by atoms with Crippen molar-refractivity contribution < 1.29 is 9.59 Å². The molecule has 0 spiro atoms. The molecule has 0 saturated carbocycles. The van der Waals surface area contributed by atoms with E-state index in [4.69, 9.17) is 11.1 Å². The maximum atomic E-state index is 12.1. The molecule has 5 N–H and O–H groups in total. The van der Waals surface area contributed by atoms with Crippen LogP contribution in [0.3, 0.4) is 0 Å². The third kappa shape index (κ3) is 6.93.